The Morgan fingerprint density at radius 2 is 1.62 bits per heavy atom. The van der Waals surface area contributed by atoms with E-state index in [0.29, 0.717) is 0 Å². The second-order valence-corrected chi connectivity index (χ2v) is 3.31. The van der Waals surface area contributed by atoms with Gasteiger partial charge in [-0.1, -0.05) is 30.3 Å². The molecule has 0 amide bonds. The highest BCUT2D eigenvalue weighted by Crippen LogP contribution is 2.22. The lowest BCUT2D eigenvalue weighted by atomic mass is 10.2. The highest BCUT2D eigenvalue weighted by molar-refractivity contribution is 9.10. The maximum Gasteiger partial charge on any atom is 0.132 e. The van der Waals surface area contributed by atoms with Crippen LogP contribution in [0.2, 0.25) is 0 Å². The number of rotatable bonds is 1. The molecule has 0 aliphatic heterocycles. The van der Waals surface area contributed by atoms with Gasteiger partial charge in [0.15, 0.2) is 0 Å². The summed E-state index contributed by atoms with van der Waals surface area (Å²) in [7, 11) is 0. The van der Waals surface area contributed by atoms with E-state index >= 15 is 0 Å². The Labute approximate surface area is 84.8 Å². The van der Waals surface area contributed by atoms with Crippen molar-refractivity contribution < 1.29 is 0 Å². The molecule has 0 bridgehead atoms. The van der Waals surface area contributed by atoms with Gasteiger partial charge in [-0.2, -0.15) is 0 Å². The van der Waals surface area contributed by atoms with Gasteiger partial charge in [0, 0.05) is 18.0 Å². The largest absolute Gasteiger partial charge is 0.252 e. The standard InChI is InChI=1S/C10H7BrN2/c11-10-9(12-6-7-13-10)8-4-2-1-3-5-8/h1-7H. The lowest BCUT2D eigenvalue weighted by Gasteiger charge is -2.00. The third kappa shape index (κ3) is 1.75. The van der Waals surface area contributed by atoms with Crippen molar-refractivity contribution in [2.24, 2.45) is 0 Å². The molecule has 0 unspecified atom stereocenters. The van der Waals surface area contributed by atoms with E-state index in [1.165, 1.54) is 0 Å². The third-order valence-electron chi connectivity index (χ3n) is 1.70. The molecule has 0 fully saturated rings. The molecule has 2 nitrogen and oxygen atoms in total. The van der Waals surface area contributed by atoms with Crippen LogP contribution in [-0.4, -0.2) is 9.97 Å². The minimum absolute atomic E-state index is 0.779. The average Bonchev–Trinajstić information content (AvgIpc) is 2.20. The van der Waals surface area contributed by atoms with Crippen LogP contribution in [-0.2, 0) is 0 Å². The lowest BCUT2D eigenvalue weighted by molar-refractivity contribution is 1.17. The highest BCUT2D eigenvalue weighted by Gasteiger charge is 2.02. The predicted octanol–water partition coefficient (Wildman–Crippen LogP) is 2.91. The molecule has 0 spiro atoms. The molecular formula is C10H7BrN2. The molecule has 0 N–H and O–H groups in total. The zero-order chi connectivity index (χ0) is 9.10. The van der Waals surface area contributed by atoms with Gasteiger partial charge in [0.05, 0.1) is 0 Å². The molecule has 3 heteroatoms. The fourth-order valence-electron chi connectivity index (χ4n) is 1.11. The molecule has 2 rings (SSSR count). The summed E-state index contributed by atoms with van der Waals surface area (Å²) in [6.45, 7) is 0. The molecular weight excluding hydrogens is 228 g/mol. The number of hydrogen-bond donors (Lipinski definition) is 0. The Balaban J connectivity index is 2.54. The molecule has 64 valence electrons. The summed E-state index contributed by atoms with van der Waals surface area (Å²) in [4.78, 5) is 8.35. The van der Waals surface area contributed by atoms with E-state index in [1.54, 1.807) is 12.4 Å². The lowest BCUT2D eigenvalue weighted by Crippen LogP contribution is -1.86. The predicted molar refractivity (Wildman–Crippen MR) is 55.2 cm³/mol. The number of benzene rings is 1. The van der Waals surface area contributed by atoms with E-state index in [1.807, 2.05) is 30.3 Å². The van der Waals surface area contributed by atoms with Crippen molar-refractivity contribution in [3.05, 3.63) is 47.3 Å². The van der Waals surface area contributed by atoms with Crippen LogP contribution in [0, 0.1) is 0 Å². The second kappa shape index (κ2) is 3.66. The number of nitrogens with zero attached hydrogens (tertiary/aromatic N) is 2. The van der Waals surface area contributed by atoms with Gasteiger partial charge in [0.2, 0.25) is 0 Å². The summed E-state index contributed by atoms with van der Waals surface area (Å²) in [5.74, 6) is 0. The summed E-state index contributed by atoms with van der Waals surface area (Å²) in [5.41, 5.74) is 1.95. The minimum Gasteiger partial charge on any atom is -0.252 e. The van der Waals surface area contributed by atoms with Gasteiger partial charge in [0.1, 0.15) is 10.3 Å². The van der Waals surface area contributed by atoms with Crippen molar-refractivity contribution in [3.8, 4) is 11.3 Å². The summed E-state index contributed by atoms with van der Waals surface area (Å²) in [5, 5.41) is 0. The van der Waals surface area contributed by atoms with Crippen LogP contribution in [0.25, 0.3) is 11.3 Å². The second-order valence-electron chi connectivity index (χ2n) is 2.56. The monoisotopic (exact) mass is 234 g/mol. The van der Waals surface area contributed by atoms with Crippen molar-refractivity contribution in [1.29, 1.82) is 0 Å². The van der Waals surface area contributed by atoms with Crippen molar-refractivity contribution >= 4 is 15.9 Å². The molecule has 2 aromatic rings. The van der Waals surface area contributed by atoms with E-state index in [0.717, 1.165) is 15.9 Å². The fraction of sp³-hybridized carbons (Fsp3) is 0. The maximum absolute atomic E-state index is 4.24. The molecule has 0 aliphatic carbocycles. The van der Waals surface area contributed by atoms with Crippen molar-refractivity contribution in [2.75, 3.05) is 0 Å². The van der Waals surface area contributed by atoms with Gasteiger partial charge in [-0.3, -0.25) is 4.98 Å². The molecule has 1 aromatic heterocycles. The first-order chi connectivity index (χ1) is 6.38. The summed E-state index contributed by atoms with van der Waals surface area (Å²) >= 11 is 3.36. The highest BCUT2D eigenvalue weighted by atomic mass is 79.9. The zero-order valence-corrected chi connectivity index (χ0v) is 8.40. The van der Waals surface area contributed by atoms with Gasteiger partial charge in [-0.25, -0.2) is 4.98 Å². The van der Waals surface area contributed by atoms with E-state index < -0.39 is 0 Å². The first kappa shape index (κ1) is 8.38. The van der Waals surface area contributed by atoms with Crippen LogP contribution < -0.4 is 0 Å². The minimum atomic E-state index is 0.779. The molecule has 0 radical (unpaired) electrons. The Kier molecular flexibility index (Phi) is 2.36. The van der Waals surface area contributed by atoms with Gasteiger partial charge in [-0.05, 0) is 15.9 Å². The summed E-state index contributed by atoms with van der Waals surface area (Å²) in [6, 6.07) is 9.96. The van der Waals surface area contributed by atoms with E-state index in [-0.39, 0.29) is 0 Å². The van der Waals surface area contributed by atoms with Crippen molar-refractivity contribution in [3.63, 3.8) is 0 Å². The fourth-order valence-corrected chi connectivity index (χ4v) is 1.56. The van der Waals surface area contributed by atoms with E-state index in [2.05, 4.69) is 25.9 Å². The molecule has 0 aliphatic rings. The number of aromatic nitrogens is 2. The molecule has 1 heterocycles. The number of halogens is 1. The van der Waals surface area contributed by atoms with Gasteiger partial charge in [0.25, 0.3) is 0 Å². The van der Waals surface area contributed by atoms with Gasteiger partial charge in [-0.15, -0.1) is 0 Å². The SMILES string of the molecule is Brc1nccnc1-c1ccccc1. The average molecular weight is 235 g/mol. The molecule has 0 atom stereocenters. The van der Waals surface area contributed by atoms with E-state index in [4.69, 9.17) is 0 Å². The summed E-state index contributed by atoms with van der Waals surface area (Å²) < 4.78 is 0.779. The zero-order valence-electron chi connectivity index (χ0n) is 6.81. The quantitative estimate of drug-likeness (QED) is 0.759. The smallest absolute Gasteiger partial charge is 0.132 e. The van der Waals surface area contributed by atoms with Gasteiger partial charge < -0.3 is 0 Å². The topological polar surface area (TPSA) is 25.8 Å². The Bertz CT molecular complexity index is 401. The van der Waals surface area contributed by atoms with Crippen LogP contribution in [0.1, 0.15) is 0 Å². The third-order valence-corrected chi connectivity index (χ3v) is 2.28. The number of hydrogen-bond acceptors (Lipinski definition) is 2. The molecule has 0 saturated heterocycles. The van der Waals surface area contributed by atoms with Crippen molar-refractivity contribution in [2.45, 2.75) is 0 Å². The molecule has 0 saturated carbocycles. The molecule has 13 heavy (non-hydrogen) atoms. The van der Waals surface area contributed by atoms with Crippen molar-refractivity contribution in [1.82, 2.24) is 9.97 Å². The van der Waals surface area contributed by atoms with Crippen LogP contribution in [0.4, 0.5) is 0 Å². The van der Waals surface area contributed by atoms with Crippen LogP contribution in [0.15, 0.2) is 47.3 Å². The Morgan fingerprint density at radius 1 is 0.923 bits per heavy atom. The first-order valence-corrected chi connectivity index (χ1v) is 4.69. The molecule has 1 aromatic carbocycles. The first-order valence-electron chi connectivity index (χ1n) is 3.90. The normalized spacial score (nSPS) is 9.92. The van der Waals surface area contributed by atoms with Crippen LogP contribution >= 0.6 is 15.9 Å². The van der Waals surface area contributed by atoms with E-state index in [9.17, 15) is 0 Å². The van der Waals surface area contributed by atoms with Gasteiger partial charge >= 0.3 is 0 Å². The maximum atomic E-state index is 4.24. The van der Waals surface area contributed by atoms with Crippen LogP contribution in [0.5, 0.6) is 0 Å². The Morgan fingerprint density at radius 3 is 2.31 bits per heavy atom. The Hall–Kier alpha value is -1.22. The van der Waals surface area contributed by atoms with Crippen LogP contribution in [0.3, 0.4) is 0 Å². The summed E-state index contributed by atoms with van der Waals surface area (Å²) in [6.07, 6.45) is 3.35.